The molecule has 0 unspecified atom stereocenters. The molecule has 0 spiro atoms. The van der Waals surface area contributed by atoms with E-state index in [0.717, 1.165) is 4.47 Å². The standard InChI is InChI=1S/C29H26BrFN4O4/c1-4-7-19-12-18(16-32-35-26(5-2)34-24-11-10-20(30)14-23(24)29(35)37)13-25(38-3)28(19)39-17-27(36)33-22-9-6-8-21(31)15-22/h4,6,8-16H,1,5,7,17H2,2-3H3,(H,33,36). The van der Waals surface area contributed by atoms with Gasteiger partial charge in [0, 0.05) is 22.1 Å². The number of aryl methyl sites for hydroxylation is 1. The number of nitrogens with one attached hydrogen (secondary N) is 1. The summed E-state index contributed by atoms with van der Waals surface area (Å²) in [4.78, 5) is 30.2. The van der Waals surface area contributed by atoms with E-state index in [0.29, 0.717) is 57.9 Å². The quantitative estimate of drug-likeness (QED) is 0.194. The smallest absolute Gasteiger partial charge is 0.282 e. The van der Waals surface area contributed by atoms with Gasteiger partial charge in [0.25, 0.3) is 11.5 Å². The number of rotatable bonds is 10. The highest BCUT2D eigenvalue weighted by atomic mass is 79.9. The number of methoxy groups -OCH3 is 1. The molecule has 0 saturated carbocycles. The Morgan fingerprint density at radius 1 is 1.23 bits per heavy atom. The molecule has 0 aliphatic heterocycles. The van der Waals surface area contributed by atoms with E-state index in [2.05, 4.69) is 37.9 Å². The van der Waals surface area contributed by atoms with Crippen molar-refractivity contribution in [1.29, 1.82) is 0 Å². The number of benzene rings is 3. The Kier molecular flexibility index (Phi) is 8.88. The number of ether oxygens (including phenoxy) is 2. The summed E-state index contributed by atoms with van der Waals surface area (Å²) in [5.41, 5.74) is 1.99. The van der Waals surface area contributed by atoms with Crippen LogP contribution in [-0.4, -0.2) is 35.5 Å². The molecular formula is C29H26BrFN4O4. The van der Waals surface area contributed by atoms with Crippen molar-refractivity contribution in [2.75, 3.05) is 19.0 Å². The third-order valence-corrected chi connectivity index (χ3v) is 6.20. The first kappa shape index (κ1) is 27.7. The first-order chi connectivity index (χ1) is 18.8. The molecule has 0 aliphatic rings. The van der Waals surface area contributed by atoms with Crippen molar-refractivity contribution in [2.45, 2.75) is 19.8 Å². The molecule has 39 heavy (non-hydrogen) atoms. The van der Waals surface area contributed by atoms with E-state index in [1.54, 1.807) is 36.6 Å². The molecule has 0 aliphatic carbocycles. The van der Waals surface area contributed by atoms with Gasteiger partial charge < -0.3 is 14.8 Å². The zero-order chi connectivity index (χ0) is 27.9. The Balaban J connectivity index is 1.63. The molecule has 0 bridgehead atoms. The second-order valence-corrected chi connectivity index (χ2v) is 9.37. The topological polar surface area (TPSA) is 94.8 Å². The van der Waals surface area contributed by atoms with E-state index in [1.807, 2.05) is 19.1 Å². The average Bonchev–Trinajstić information content (AvgIpc) is 2.92. The van der Waals surface area contributed by atoms with Gasteiger partial charge in [-0.05, 0) is 60.5 Å². The van der Waals surface area contributed by atoms with Gasteiger partial charge in [0.1, 0.15) is 11.6 Å². The minimum atomic E-state index is -0.459. The summed E-state index contributed by atoms with van der Waals surface area (Å²) in [6.07, 6.45) is 4.17. The molecule has 0 radical (unpaired) electrons. The predicted octanol–water partition coefficient (Wildman–Crippen LogP) is 5.50. The number of fused-ring (bicyclic) bond motifs is 1. The Morgan fingerprint density at radius 3 is 2.77 bits per heavy atom. The normalized spacial score (nSPS) is 11.1. The molecule has 3 aromatic carbocycles. The number of anilines is 1. The van der Waals surface area contributed by atoms with E-state index in [-0.39, 0.29) is 12.2 Å². The average molecular weight is 593 g/mol. The summed E-state index contributed by atoms with van der Waals surface area (Å²) < 4.78 is 26.8. The number of carbonyl (C=O) groups is 1. The maximum Gasteiger partial charge on any atom is 0.282 e. The van der Waals surface area contributed by atoms with E-state index < -0.39 is 11.7 Å². The van der Waals surface area contributed by atoms with Crippen molar-refractivity contribution < 1.29 is 18.7 Å². The molecule has 1 N–H and O–H groups in total. The summed E-state index contributed by atoms with van der Waals surface area (Å²) in [5, 5.41) is 7.49. The van der Waals surface area contributed by atoms with Crippen LogP contribution in [0.1, 0.15) is 23.9 Å². The van der Waals surface area contributed by atoms with Crippen LogP contribution < -0.4 is 20.3 Å². The van der Waals surface area contributed by atoms with Gasteiger partial charge in [-0.3, -0.25) is 9.59 Å². The van der Waals surface area contributed by atoms with Gasteiger partial charge in [-0.15, -0.1) is 6.58 Å². The van der Waals surface area contributed by atoms with Crippen molar-refractivity contribution in [3.8, 4) is 11.5 Å². The lowest BCUT2D eigenvalue weighted by molar-refractivity contribution is -0.118. The number of halogens is 2. The van der Waals surface area contributed by atoms with Crippen molar-refractivity contribution in [3.05, 3.63) is 105 Å². The fraction of sp³-hybridized carbons (Fsp3) is 0.172. The summed E-state index contributed by atoms with van der Waals surface area (Å²) in [6, 6.07) is 14.4. The number of carbonyl (C=O) groups excluding carboxylic acids is 1. The number of nitrogens with zero attached hydrogens (tertiary/aromatic N) is 3. The summed E-state index contributed by atoms with van der Waals surface area (Å²) in [7, 11) is 1.48. The van der Waals surface area contributed by atoms with Crippen LogP contribution in [0, 0.1) is 5.82 Å². The van der Waals surface area contributed by atoms with E-state index in [1.165, 1.54) is 30.0 Å². The van der Waals surface area contributed by atoms with Crippen LogP contribution in [0.5, 0.6) is 11.5 Å². The molecule has 1 heterocycles. The lowest BCUT2D eigenvalue weighted by Gasteiger charge is -2.16. The van der Waals surface area contributed by atoms with Crippen LogP contribution in [0.15, 0.2) is 81.6 Å². The molecule has 0 atom stereocenters. The van der Waals surface area contributed by atoms with E-state index in [9.17, 15) is 14.0 Å². The zero-order valence-corrected chi connectivity index (χ0v) is 23.0. The first-order valence-corrected chi connectivity index (χ1v) is 12.9. The van der Waals surface area contributed by atoms with Crippen molar-refractivity contribution in [3.63, 3.8) is 0 Å². The third-order valence-electron chi connectivity index (χ3n) is 5.71. The van der Waals surface area contributed by atoms with Gasteiger partial charge in [0.2, 0.25) is 0 Å². The predicted molar refractivity (Wildman–Crippen MR) is 153 cm³/mol. The van der Waals surface area contributed by atoms with Crippen LogP contribution in [-0.2, 0) is 17.6 Å². The molecule has 1 amide bonds. The van der Waals surface area contributed by atoms with Gasteiger partial charge >= 0.3 is 0 Å². The lowest BCUT2D eigenvalue weighted by atomic mass is 10.1. The largest absolute Gasteiger partial charge is 0.493 e. The van der Waals surface area contributed by atoms with Crippen LogP contribution in [0.4, 0.5) is 10.1 Å². The second kappa shape index (κ2) is 12.5. The van der Waals surface area contributed by atoms with Gasteiger partial charge in [-0.25, -0.2) is 9.37 Å². The highest BCUT2D eigenvalue weighted by molar-refractivity contribution is 9.10. The molecule has 200 valence electrons. The molecular weight excluding hydrogens is 567 g/mol. The minimum Gasteiger partial charge on any atom is -0.493 e. The van der Waals surface area contributed by atoms with Gasteiger partial charge in [0.15, 0.2) is 18.1 Å². The number of hydrogen-bond donors (Lipinski definition) is 1. The summed E-state index contributed by atoms with van der Waals surface area (Å²) in [5.74, 6) is 0.348. The monoisotopic (exact) mass is 592 g/mol. The fourth-order valence-electron chi connectivity index (χ4n) is 3.95. The van der Waals surface area contributed by atoms with Crippen LogP contribution in [0.25, 0.3) is 10.9 Å². The fourth-order valence-corrected chi connectivity index (χ4v) is 4.31. The molecule has 0 saturated heterocycles. The number of hydrogen-bond acceptors (Lipinski definition) is 6. The SMILES string of the molecule is C=CCc1cc(C=Nn2c(CC)nc3ccc(Br)cc3c2=O)cc(OC)c1OCC(=O)Nc1cccc(F)c1. The van der Waals surface area contributed by atoms with E-state index >= 15 is 0 Å². The van der Waals surface area contributed by atoms with Gasteiger partial charge in [-0.1, -0.05) is 35.0 Å². The third kappa shape index (κ3) is 6.58. The Bertz CT molecular complexity index is 1630. The number of allylic oxidation sites excluding steroid dienone is 1. The highest BCUT2D eigenvalue weighted by Gasteiger charge is 2.15. The van der Waals surface area contributed by atoms with Crippen LogP contribution in [0.2, 0.25) is 0 Å². The van der Waals surface area contributed by atoms with Crippen molar-refractivity contribution >= 4 is 44.6 Å². The summed E-state index contributed by atoms with van der Waals surface area (Å²) >= 11 is 3.40. The maximum atomic E-state index is 13.4. The maximum absolute atomic E-state index is 13.4. The Morgan fingerprint density at radius 2 is 2.05 bits per heavy atom. The molecule has 4 rings (SSSR count). The second-order valence-electron chi connectivity index (χ2n) is 8.46. The highest BCUT2D eigenvalue weighted by Crippen LogP contribution is 2.33. The number of amides is 1. The van der Waals surface area contributed by atoms with Gasteiger partial charge in [-0.2, -0.15) is 9.78 Å². The molecule has 10 heteroatoms. The van der Waals surface area contributed by atoms with Crippen LogP contribution >= 0.6 is 15.9 Å². The molecule has 0 fully saturated rings. The zero-order valence-electron chi connectivity index (χ0n) is 21.4. The molecule has 1 aromatic heterocycles. The minimum absolute atomic E-state index is 0.281. The lowest BCUT2D eigenvalue weighted by Crippen LogP contribution is -2.22. The first-order valence-electron chi connectivity index (χ1n) is 12.1. The van der Waals surface area contributed by atoms with Gasteiger partial charge in [0.05, 0.1) is 24.2 Å². The van der Waals surface area contributed by atoms with Crippen molar-refractivity contribution in [2.24, 2.45) is 5.10 Å². The molecule has 8 nitrogen and oxygen atoms in total. The molecule has 4 aromatic rings. The number of aromatic nitrogens is 2. The van der Waals surface area contributed by atoms with E-state index in [4.69, 9.17) is 9.47 Å². The van der Waals surface area contributed by atoms with Crippen molar-refractivity contribution in [1.82, 2.24) is 9.66 Å². The summed E-state index contributed by atoms with van der Waals surface area (Å²) in [6.45, 7) is 5.38. The Labute approximate surface area is 232 Å². The Hall–Kier alpha value is -4.31. The van der Waals surface area contributed by atoms with Crippen LogP contribution in [0.3, 0.4) is 0 Å².